The second-order valence-electron chi connectivity index (χ2n) is 2.99. The van der Waals surface area contributed by atoms with Crippen LogP contribution in [0.3, 0.4) is 0 Å². The molecule has 0 amide bonds. The molecule has 0 aliphatic rings. The zero-order valence-corrected chi connectivity index (χ0v) is 8.77. The highest BCUT2D eigenvalue weighted by Gasteiger charge is 2.02. The summed E-state index contributed by atoms with van der Waals surface area (Å²) in [6.45, 7) is 1.95. The summed E-state index contributed by atoms with van der Waals surface area (Å²) in [6.07, 6.45) is 1.08. The van der Waals surface area contributed by atoms with Crippen molar-refractivity contribution in [3.63, 3.8) is 0 Å². The van der Waals surface area contributed by atoms with E-state index in [0.717, 1.165) is 23.2 Å². The van der Waals surface area contributed by atoms with Crippen molar-refractivity contribution in [3.05, 3.63) is 29.3 Å². The number of methoxy groups -OCH3 is 1. The first-order valence-corrected chi connectivity index (χ1v) is 4.40. The van der Waals surface area contributed by atoms with Crippen molar-refractivity contribution < 1.29 is 4.74 Å². The number of nitrogens with two attached hydrogens (primary N) is 2. The molecule has 1 rings (SSSR count). The monoisotopic (exact) mass is 206 g/mol. The summed E-state index contributed by atoms with van der Waals surface area (Å²) in [4.78, 5) is 0. The summed E-state index contributed by atoms with van der Waals surface area (Å²) in [5.74, 6) is 1.04. The van der Waals surface area contributed by atoms with Gasteiger partial charge in [-0.3, -0.25) is 0 Å². The molecule has 0 saturated heterocycles. The Bertz CT molecular complexity index is 398. The van der Waals surface area contributed by atoms with E-state index in [1.807, 2.05) is 19.1 Å². The minimum Gasteiger partial charge on any atom is -0.497 e. The molecule has 0 aliphatic carbocycles. The van der Waals surface area contributed by atoms with Crippen LogP contribution in [0.1, 0.15) is 11.1 Å². The normalized spacial score (nSPS) is 12.0. The molecule has 0 aliphatic heterocycles. The zero-order chi connectivity index (χ0) is 11.3. The highest BCUT2D eigenvalue weighted by Crippen LogP contribution is 2.16. The Morgan fingerprint density at radius 2 is 2.13 bits per heavy atom. The maximum absolute atomic E-state index is 5.70. The molecule has 0 unspecified atom stereocenters. The third-order valence-corrected chi connectivity index (χ3v) is 1.81. The van der Waals surface area contributed by atoms with Gasteiger partial charge in [-0.25, -0.2) is 0 Å². The number of aryl methyl sites for hydroxylation is 1. The van der Waals surface area contributed by atoms with Crippen molar-refractivity contribution in [2.75, 3.05) is 7.11 Å². The molecule has 5 nitrogen and oxygen atoms in total. The predicted molar refractivity (Wildman–Crippen MR) is 61.1 cm³/mol. The number of amidine groups is 1. The van der Waals surface area contributed by atoms with E-state index in [2.05, 4.69) is 10.2 Å². The minimum absolute atomic E-state index is 0.304. The first kappa shape index (κ1) is 11.0. The Balaban J connectivity index is 3.08. The molecule has 15 heavy (non-hydrogen) atoms. The third kappa shape index (κ3) is 2.98. The summed E-state index contributed by atoms with van der Waals surface area (Å²) >= 11 is 0. The average Bonchev–Trinajstić information content (AvgIpc) is 2.24. The van der Waals surface area contributed by atoms with Gasteiger partial charge in [-0.2, -0.15) is 0 Å². The first-order chi connectivity index (χ1) is 7.17. The van der Waals surface area contributed by atoms with Gasteiger partial charge in [0.25, 0.3) is 0 Å². The number of nitrogens with zero attached hydrogens (tertiary/aromatic N) is 2. The minimum atomic E-state index is 0.304. The lowest BCUT2D eigenvalue weighted by molar-refractivity contribution is 0.414. The van der Waals surface area contributed by atoms with Crippen LogP contribution < -0.4 is 16.2 Å². The van der Waals surface area contributed by atoms with Crippen molar-refractivity contribution in [2.45, 2.75) is 6.92 Å². The molecule has 1 aromatic rings. The predicted octanol–water partition coefficient (Wildman–Crippen LogP) is 0.611. The van der Waals surface area contributed by atoms with E-state index >= 15 is 0 Å². The molecule has 0 bridgehead atoms. The van der Waals surface area contributed by atoms with Crippen molar-refractivity contribution in [1.29, 1.82) is 0 Å². The molecule has 1 aromatic carbocycles. The Labute approximate surface area is 88.4 Å². The van der Waals surface area contributed by atoms with Gasteiger partial charge in [0.2, 0.25) is 0 Å². The molecule has 0 fully saturated rings. The highest BCUT2D eigenvalue weighted by atomic mass is 16.5. The van der Waals surface area contributed by atoms with E-state index in [0.29, 0.717) is 5.84 Å². The van der Waals surface area contributed by atoms with Gasteiger partial charge in [0, 0.05) is 5.56 Å². The Morgan fingerprint density at radius 3 is 2.73 bits per heavy atom. The summed E-state index contributed by atoms with van der Waals surface area (Å²) in [5, 5.41) is 7.22. The van der Waals surface area contributed by atoms with Gasteiger partial charge in [0.15, 0.2) is 5.84 Å². The van der Waals surface area contributed by atoms with Gasteiger partial charge in [0.1, 0.15) is 12.1 Å². The van der Waals surface area contributed by atoms with Crippen molar-refractivity contribution in [1.82, 2.24) is 0 Å². The second-order valence-corrected chi connectivity index (χ2v) is 2.99. The fourth-order valence-electron chi connectivity index (χ4n) is 1.17. The van der Waals surface area contributed by atoms with Crippen LogP contribution in [0.2, 0.25) is 0 Å². The summed E-state index contributed by atoms with van der Waals surface area (Å²) in [7, 11) is 1.60. The zero-order valence-electron chi connectivity index (χ0n) is 8.77. The van der Waals surface area contributed by atoms with Gasteiger partial charge < -0.3 is 16.2 Å². The van der Waals surface area contributed by atoms with Gasteiger partial charge in [-0.15, -0.1) is 10.2 Å². The Hall–Kier alpha value is -2.04. The van der Waals surface area contributed by atoms with Crippen LogP contribution in [-0.4, -0.2) is 19.3 Å². The number of hydrogen-bond acceptors (Lipinski definition) is 3. The Kier molecular flexibility index (Phi) is 3.68. The van der Waals surface area contributed by atoms with Crippen LogP contribution in [0.25, 0.3) is 0 Å². The molecular formula is C10H14N4O. The molecule has 0 atom stereocenters. The van der Waals surface area contributed by atoms with Gasteiger partial charge in [-0.1, -0.05) is 0 Å². The molecule has 0 spiro atoms. The van der Waals surface area contributed by atoms with Crippen LogP contribution in [-0.2, 0) is 0 Å². The van der Waals surface area contributed by atoms with E-state index in [-0.39, 0.29) is 0 Å². The number of ether oxygens (including phenoxy) is 1. The summed E-state index contributed by atoms with van der Waals surface area (Å²) in [6, 6.07) is 5.59. The lowest BCUT2D eigenvalue weighted by atomic mass is 10.1. The van der Waals surface area contributed by atoms with Gasteiger partial charge >= 0.3 is 0 Å². The maximum atomic E-state index is 5.70. The fourth-order valence-corrected chi connectivity index (χ4v) is 1.17. The van der Waals surface area contributed by atoms with Crippen LogP contribution >= 0.6 is 0 Å². The van der Waals surface area contributed by atoms with Crippen LogP contribution in [0.4, 0.5) is 0 Å². The lowest BCUT2D eigenvalue weighted by Crippen LogP contribution is -2.13. The molecule has 0 aromatic heterocycles. The molecule has 0 heterocycles. The standard InChI is InChI=1S/C10H14N4O/c1-7-3-8(5-9(4-7)15-2)10(12)14-13-6-11/h3-6H,1-2H3,(H2,11,13)(H2,12,14). The van der Waals surface area contributed by atoms with Crippen LogP contribution in [0.5, 0.6) is 5.75 Å². The third-order valence-electron chi connectivity index (χ3n) is 1.81. The first-order valence-electron chi connectivity index (χ1n) is 4.40. The van der Waals surface area contributed by atoms with E-state index in [4.69, 9.17) is 16.2 Å². The van der Waals surface area contributed by atoms with Gasteiger partial charge in [-0.05, 0) is 30.7 Å². The Morgan fingerprint density at radius 1 is 1.40 bits per heavy atom. The number of hydrogen-bond donors (Lipinski definition) is 2. The number of rotatable bonds is 3. The van der Waals surface area contributed by atoms with E-state index < -0.39 is 0 Å². The molecule has 80 valence electrons. The largest absolute Gasteiger partial charge is 0.497 e. The van der Waals surface area contributed by atoms with Crippen molar-refractivity contribution in [3.8, 4) is 5.75 Å². The number of benzene rings is 1. The fraction of sp³-hybridized carbons (Fsp3) is 0.200. The molecule has 0 saturated carbocycles. The maximum Gasteiger partial charge on any atom is 0.153 e. The second kappa shape index (κ2) is 4.99. The molecule has 4 N–H and O–H groups in total. The van der Waals surface area contributed by atoms with Crippen molar-refractivity contribution >= 4 is 12.2 Å². The average molecular weight is 206 g/mol. The van der Waals surface area contributed by atoms with Gasteiger partial charge in [0.05, 0.1) is 7.11 Å². The van der Waals surface area contributed by atoms with Crippen LogP contribution in [0.15, 0.2) is 28.4 Å². The lowest BCUT2D eigenvalue weighted by Gasteiger charge is -2.05. The topological polar surface area (TPSA) is 86.0 Å². The van der Waals surface area contributed by atoms with E-state index in [9.17, 15) is 0 Å². The van der Waals surface area contributed by atoms with E-state index in [1.54, 1.807) is 13.2 Å². The van der Waals surface area contributed by atoms with Crippen molar-refractivity contribution in [2.24, 2.45) is 21.7 Å². The summed E-state index contributed by atoms with van der Waals surface area (Å²) < 4.78 is 5.12. The molecule has 0 radical (unpaired) electrons. The SMILES string of the molecule is COc1cc(C)cc(/C(N)=N/N=C\N)c1. The van der Waals surface area contributed by atoms with E-state index in [1.165, 1.54) is 0 Å². The van der Waals surface area contributed by atoms with Crippen LogP contribution in [0, 0.1) is 6.92 Å². The molecule has 5 heteroatoms. The smallest absolute Gasteiger partial charge is 0.153 e. The quantitative estimate of drug-likeness (QED) is 0.431. The molecular weight excluding hydrogens is 192 g/mol. The summed E-state index contributed by atoms with van der Waals surface area (Å²) in [5.41, 5.74) is 12.6. The highest BCUT2D eigenvalue weighted by molar-refractivity contribution is 5.98.